The van der Waals surface area contributed by atoms with Crippen LogP contribution in [0, 0.1) is 3.77 Å². The average molecular weight is 689 g/mol. The summed E-state index contributed by atoms with van der Waals surface area (Å²) in [6, 6.07) is 4.38. The highest BCUT2D eigenvalue weighted by atomic mass is 127. The second-order valence-electron chi connectivity index (χ2n) is 7.53. The number of methoxy groups -OCH3 is 3. The molecule has 3 heterocycles. The third-order valence-electron chi connectivity index (χ3n) is 5.46. The first kappa shape index (κ1) is 26.5. The highest BCUT2D eigenvalue weighted by Gasteiger charge is 2.34. The molecular weight excluding hydrogens is 667 g/mol. The van der Waals surface area contributed by atoms with Crippen LogP contribution in [0.15, 0.2) is 48.1 Å². The average Bonchev–Trinajstić information content (AvgIpc) is 3.33. The summed E-state index contributed by atoms with van der Waals surface area (Å²) in [5.74, 6) is 1.13. The normalized spacial score (nSPS) is 15.4. The molecule has 1 aliphatic heterocycles. The highest BCUT2D eigenvalue weighted by Crippen LogP contribution is 2.42. The van der Waals surface area contributed by atoms with Gasteiger partial charge in [0.25, 0.3) is 5.56 Å². The van der Waals surface area contributed by atoms with E-state index in [-0.39, 0.29) is 17.7 Å². The molecule has 0 unspecified atom stereocenters. The fraction of sp³-hybridized carbons (Fsp3) is 0.292. The topological polar surface area (TPSA) is 101 Å². The van der Waals surface area contributed by atoms with E-state index in [4.69, 9.17) is 23.4 Å². The molecular formula is C24H22BrIN2O7S. The number of ether oxygens (including phenoxy) is 4. The van der Waals surface area contributed by atoms with Crippen LogP contribution in [0.4, 0.5) is 0 Å². The van der Waals surface area contributed by atoms with Crippen molar-refractivity contribution in [3.05, 3.63) is 68.7 Å². The maximum absolute atomic E-state index is 13.7. The molecule has 1 aromatic carbocycles. The number of carbonyl (C=O) groups excluding carboxylic acids is 1. The molecule has 1 aliphatic rings. The van der Waals surface area contributed by atoms with Crippen LogP contribution in [0.5, 0.6) is 17.2 Å². The van der Waals surface area contributed by atoms with Crippen LogP contribution in [0.3, 0.4) is 0 Å². The van der Waals surface area contributed by atoms with Crippen LogP contribution >= 0.6 is 49.9 Å². The van der Waals surface area contributed by atoms with Crippen molar-refractivity contribution in [2.45, 2.75) is 19.9 Å². The molecule has 2 aromatic heterocycles. The molecule has 0 radical (unpaired) electrons. The number of allylic oxidation sites excluding steroid dienone is 1. The number of esters is 1. The number of carbonyl (C=O) groups is 1. The third-order valence-corrected chi connectivity index (χ3v) is 8.57. The zero-order valence-electron chi connectivity index (χ0n) is 20.0. The number of hydrogen-bond donors (Lipinski definition) is 0. The summed E-state index contributed by atoms with van der Waals surface area (Å²) in [7, 11) is 4.51. The van der Waals surface area contributed by atoms with E-state index in [0.29, 0.717) is 47.4 Å². The minimum absolute atomic E-state index is 0.175. The van der Waals surface area contributed by atoms with Crippen molar-refractivity contribution in [1.29, 1.82) is 0 Å². The van der Waals surface area contributed by atoms with Gasteiger partial charge < -0.3 is 23.4 Å². The van der Waals surface area contributed by atoms with Gasteiger partial charge in [0.05, 0.1) is 54.3 Å². The molecule has 0 saturated carbocycles. The van der Waals surface area contributed by atoms with E-state index in [1.54, 1.807) is 38.1 Å². The predicted molar refractivity (Wildman–Crippen MR) is 146 cm³/mol. The lowest BCUT2D eigenvalue weighted by atomic mass is 9.95. The van der Waals surface area contributed by atoms with Crippen molar-refractivity contribution < 1.29 is 28.2 Å². The number of fused-ring (bicyclic) bond motifs is 1. The van der Waals surface area contributed by atoms with Crippen molar-refractivity contribution >= 4 is 61.9 Å². The Balaban J connectivity index is 2.02. The number of rotatable bonds is 7. The molecule has 12 heteroatoms. The van der Waals surface area contributed by atoms with Crippen LogP contribution in [0.1, 0.15) is 31.2 Å². The van der Waals surface area contributed by atoms with E-state index < -0.39 is 12.0 Å². The van der Waals surface area contributed by atoms with Gasteiger partial charge in [-0.15, -0.1) is 0 Å². The Kier molecular flexibility index (Phi) is 7.95. The zero-order chi connectivity index (χ0) is 26.1. The molecule has 9 nitrogen and oxygen atoms in total. The van der Waals surface area contributed by atoms with Crippen LogP contribution in [-0.2, 0) is 9.53 Å². The van der Waals surface area contributed by atoms with Crippen molar-refractivity contribution in [1.82, 2.24) is 4.57 Å². The van der Waals surface area contributed by atoms with E-state index in [9.17, 15) is 9.59 Å². The lowest BCUT2D eigenvalue weighted by Crippen LogP contribution is -2.40. The van der Waals surface area contributed by atoms with Gasteiger partial charge in [0.15, 0.2) is 20.1 Å². The van der Waals surface area contributed by atoms with Gasteiger partial charge in [-0.25, -0.2) is 9.79 Å². The van der Waals surface area contributed by atoms with E-state index in [1.165, 1.54) is 37.2 Å². The van der Waals surface area contributed by atoms with E-state index in [1.807, 2.05) is 0 Å². The van der Waals surface area contributed by atoms with E-state index >= 15 is 0 Å². The van der Waals surface area contributed by atoms with Gasteiger partial charge in [-0.3, -0.25) is 9.36 Å². The molecule has 0 fully saturated rings. The maximum atomic E-state index is 13.7. The summed E-state index contributed by atoms with van der Waals surface area (Å²) in [5, 5.41) is 0. The van der Waals surface area contributed by atoms with Gasteiger partial charge in [0.1, 0.15) is 5.76 Å². The molecule has 190 valence electrons. The molecule has 4 rings (SSSR count). The molecule has 0 bridgehead atoms. The van der Waals surface area contributed by atoms with Crippen molar-refractivity contribution in [2.75, 3.05) is 27.9 Å². The van der Waals surface area contributed by atoms with Gasteiger partial charge in [0.2, 0.25) is 5.75 Å². The Labute approximate surface area is 232 Å². The Morgan fingerprint density at radius 3 is 2.42 bits per heavy atom. The maximum Gasteiger partial charge on any atom is 0.338 e. The Hall–Kier alpha value is -2.58. The largest absolute Gasteiger partial charge is 0.493 e. The first-order chi connectivity index (χ1) is 17.2. The number of thiazole rings is 1. The second-order valence-corrected chi connectivity index (χ2v) is 10.4. The summed E-state index contributed by atoms with van der Waals surface area (Å²) in [6.07, 6.45) is 1.66. The van der Waals surface area contributed by atoms with Crippen molar-refractivity contribution in [2.24, 2.45) is 4.99 Å². The standard InChI is InChI=1S/C24H22BrIN2O7S/c1-6-34-23(30)18-11(2)27-24-28(22(29)17(36-24)10-13-9-14(25)21(26)35-13)19(18)12-7-15(31-3)20(33-5)16(8-12)32-4/h7-10,19H,6H2,1-5H3/b17-10+/t19-/m1/s1. The summed E-state index contributed by atoms with van der Waals surface area (Å²) in [6.45, 7) is 3.62. The van der Waals surface area contributed by atoms with Crippen molar-refractivity contribution in [3.8, 4) is 17.2 Å². The molecule has 3 aromatic rings. The first-order valence-corrected chi connectivity index (χ1v) is 13.4. The SMILES string of the molecule is CCOC(=O)C1=C(C)N=c2s/c(=C/c3cc(Br)c(I)o3)c(=O)n2[C@@H]1c1cc(OC)c(OC)c(OC)c1. The number of nitrogens with zero attached hydrogens (tertiary/aromatic N) is 2. The van der Waals surface area contributed by atoms with Gasteiger partial charge >= 0.3 is 5.97 Å². The smallest absolute Gasteiger partial charge is 0.338 e. The van der Waals surface area contributed by atoms with Crippen LogP contribution in [0.2, 0.25) is 0 Å². The summed E-state index contributed by atoms with van der Waals surface area (Å²) < 4.78 is 30.9. The lowest BCUT2D eigenvalue weighted by Gasteiger charge is -2.26. The molecule has 36 heavy (non-hydrogen) atoms. The molecule has 0 spiro atoms. The van der Waals surface area contributed by atoms with Crippen LogP contribution < -0.4 is 29.1 Å². The number of aromatic nitrogens is 1. The Bertz CT molecular complexity index is 1510. The fourth-order valence-electron chi connectivity index (χ4n) is 3.93. The fourth-order valence-corrected chi connectivity index (χ4v) is 5.67. The Morgan fingerprint density at radius 1 is 1.22 bits per heavy atom. The molecule has 1 atom stereocenters. The summed E-state index contributed by atoms with van der Waals surface area (Å²) >= 11 is 6.68. The van der Waals surface area contributed by atoms with Crippen molar-refractivity contribution in [3.63, 3.8) is 0 Å². The summed E-state index contributed by atoms with van der Waals surface area (Å²) in [4.78, 5) is 31.9. The highest BCUT2D eigenvalue weighted by molar-refractivity contribution is 14.1. The third kappa shape index (κ3) is 4.73. The number of benzene rings is 1. The second kappa shape index (κ2) is 10.8. The number of furan rings is 1. The van der Waals surface area contributed by atoms with Crippen LogP contribution in [0.25, 0.3) is 6.08 Å². The lowest BCUT2D eigenvalue weighted by molar-refractivity contribution is -0.139. The van der Waals surface area contributed by atoms with Crippen LogP contribution in [-0.4, -0.2) is 38.5 Å². The van der Waals surface area contributed by atoms with Gasteiger partial charge in [-0.1, -0.05) is 11.3 Å². The predicted octanol–water partition coefficient (Wildman–Crippen LogP) is 3.78. The number of halogens is 2. The molecule has 0 amide bonds. The molecule has 0 saturated heterocycles. The van der Waals surface area contributed by atoms with Gasteiger partial charge in [-0.05, 0) is 53.5 Å². The van der Waals surface area contributed by atoms with E-state index in [0.717, 1.165) is 4.47 Å². The van der Waals surface area contributed by atoms with E-state index in [2.05, 4.69) is 43.5 Å². The zero-order valence-corrected chi connectivity index (χ0v) is 24.6. The monoisotopic (exact) mass is 688 g/mol. The first-order valence-electron chi connectivity index (χ1n) is 10.7. The quantitative estimate of drug-likeness (QED) is 0.275. The molecule has 0 aliphatic carbocycles. The minimum atomic E-state index is -0.834. The molecule has 0 N–H and O–H groups in total. The minimum Gasteiger partial charge on any atom is -0.493 e. The Morgan fingerprint density at radius 2 is 1.89 bits per heavy atom. The number of hydrogen-bond acceptors (Lipinski definition) is 9. The summed E-state index contributed by atoms with van der Waals surface area (Å²) in [5.41, 5.74) is 0.954. The van der Waals surface area contributed by atoms with Gasteiger partial charge in [0, 0.05) is 28.7 Å². The van der Waals surface area contributed by atoms with Gasteiger partial charge in [-0.2, -0.15) is 0 Å².